The summed E-state index contributed by atoms with van der Waals surface area (Å²) in [5.74, 6) is 1.03. The van der Waals surface area contributed by atoms with Gasteiger partial charge in [-0.05, 0) is 46.5 Å². The first-order chi connectivity index (χ1) is 13.4. The summed E-state index contributed by atoms with van der Waals surface area (Å²) in [6.07, 6.45) is 1.67. The SMILES string of the molecule is CCC(C)NC(=O)CCNC(=NC)N(C)CCC(NC(=O)OC(C)(C)C)C(C)C.I. The van der Waals surface area contributed by atoms with E-state index in [4.69, 9.17) is 4.74 Å². The van der Waals surface area contributed by atoms with Gasteiger partial charge in [0.25, 0.3) is 0 Å². The first-order valence-corrected chi connectivity index (χ1v) is 10.6. The Balaban J connectivity index is 0. The van der Waals surface area contributed by atoms with Gasteiger partial charge in [0.05, 0.1) is 0 Å². The normalized spacial score (nSPS) is 13.7. The molecule has 30 heavy (non-hydrogen) atoms. The molecule has 2 amide bonds. The largest absolute Gasteiger partial charge is 0.444 e. The molecule has 0 saturated carbocycles. The van der Waals surface area contributed by atoms with Gasteiger partial charge in [-0.25, -0.2) is 4.79 Å². The van der Waals surface area contributed by atoms with Crippen LogP contribution in [0.1, 0.15) is 67.7 Å². The van der Waals surface area contributed by atoms with Crippen LogP contribution in [0.3, 0.4) is 0 Å². The molecular weight excluding hydrogens is 497 g/mol. The summed E-state index contributed by atoms with van der Waals surface area (Å²) in [5, 5.41) is 9.14. The molecule has 0 saturated heterocycles. The Morgan fingerprint density at radius 2 is 1.73 bits per heavy atom. The molecule has 0 heterocycles. The van der Waals surface area contributed by atoms with Crippen molar-refractivity contribution in [2.75, 3.05) is 27.2 Å². The number of guanidine groups is 1. The summed E-state index contributed by atoms with van der Waals surface area (Å²) in [6.45, 7) is 15.0. The summed E-state index contributed by atoms with van der Waals surface area (Å²) in [7, 11) is 3.66. The Kier molecular flexibility index (Phi) is 16.0. The molecule has 0 aliphatic heterocycles. The molecule has 0 aliphatic carbocycles. The van der Waals surface area contributed by atoms with Crippen LogP contribution < -0.4 is 16.0 Å². The minimum Gasteiger partial charge on any atom is -0.444 e. The zero-order valence-corrected chi connectivity index (χ0v) is 22.6. The summed E-state index contributed by atoms with van der Waals surface area (Å²) in [4.78, 5) is 30.3. The lowest BCUT2D eigenvalue weighted by atomic mass is 10.0. The third kappa shape index (κ3) is 14.7. The van der Waals surface area contributed by atoms with Crippen molar-refractivity contribution in [2.45, 2.75) is 85.4 Å². The Morgan fingerprint density at radius 1 is 1.13 bits per heavy atom. The van der Waals surface area contributed by atoms with E-state index in [9.17, 15) is 9.59 Å². The van der Waals surface area contributed by atoms with Crippen molar-refractivity contribution in [3.8, 4) is 0 Å². The van der Waals surface area contributed by atoms with E-state index in [0.717, 1.165) is 18.8 Å². The number of hydrogen-bond donors (Lipinski definition) is 3. The molecule has 0 fully saturated rings. The van der Waals surface area contributed by atoms with Gasteiger partial charge in [-0.15, -0.1) is 24.0 Å². The lowest BCUT2D eigenvalue weighted by Gasteiger charge is -2.28. The highest BCUT2D eigenvalue weighted by Crippen LogP contribution is 2.11. The van der Waals surface area contributed by atoms with E-state index in [1.54, 1.807) is 7.05 Å². The Morgan fingerprint density at radius 3 is 2.20 bits per heavy atom. The number of ether oxygens (including phenoxy) is 1. The van der Waals surface area contributed by atoms with Gasteiger partial charge in [0.15, 0.2) is 5.96 Å². The van der Waals surface area contributed by atoms with Crippen LogP contribution in [0.5, 0.6) is 0 Å². The van der Waals surface area contributed by atoms with E-state index in [0.29, 0.717) is 19.5 Å². The quantitative estimate of drug-likeness (QED) is 0.224. The second kappa shape index (κ2) is 15.5. The van der Waals surface area contributed by atoms with Gasteiger partial charge >= 0.3 is 6.09 Å². The van der Waals surface area contributed by atoms with Crippen molar-refractivity contribution in [1.82, 2.24) is 20.9 Å². The first kappa shape index (κ1) is 30.9. The van der Waals surface area contributed by atoms with Crippen molar-refractivity contribution in [2.24, 2.45) is 10.9 Å². The molecule has 2 atom stereocenters. The van der Waals surface area contributed by atoms with Crippen molar-refractivity contribution in [1.29, 1.82) is 0 Å². The molecule has 0 aromatic heterocycles. The standard InChI is InChI=1S/C21H43N5O3.HI/c1-10-16(4)24-18(27)11-13-23-19(22-8)26(9)14-12-17(15(2)3)25-20(28)29-21(5,6)7;/h15-17H,10-14H2,1-9H3,(H,22,23)(H,24,27)(H,25,28);1H. The van der Waals surface area contributed by atoms with Crippen LogP contribution >= 0.6 is 24.0 Å². The van der Waals surface area contributed by atoms with E-state index in [1.165, 1.54) is 0 Å². The van der Waals surface area contributed by atoms with Crippen LogP contribution in [0.2, 0.25) is 0 Å². The van der Waals surface area contributed by atoms with Gasteiger partial charge in [-0.2, -0.15) is 0 Å². The molecule has 8 nitrogen and oxygen atoms in total. The second-order valence-corrected chi connectivity index (χ2v) is 8.81. The molecule has 0 bridgehead atoms. The first-order valence-electron chi connectivity index (χ1n) is 10.6. The number of nitrogens with zero attached hydrogens (tertiary/aromatic N) is 2. The molecule has 2 unspecified atom stereocenters. The predicted octanol–water partition coefficient (Wildman–Crippen LogP) is 3.36. The number of halogens is 1. The molecule has 0 radical (unpaired) electrons. The summed E-state index contributed by atoms with van der Waals surface area (Å²) >= 11 is 0. The van der Waals surface area contributed by atoms with Crippen LogP contribution in [0, 0.1) is 5.92 Å². The Bertz CT molecular complexity index is 535. The van der Waals surface area contributed by atoms with Crippen LogP contribution in [0.15, 0.2) is 4.99 Å². The molecule has 0 aliphatic rings. The van der Waals surface area contributed by atoms with E-state index < -0.39 is 11.7 Å². The monoisotopic (exact) mass is 541 g/mol. The van der Waals surface area contributed by atoms with Gasteiger partial charge in [0.2, 0.25) is 5.91 Å². The number of aliphatic imine (C=N–C) groups is 1. The number of alkyl carbamates (subject to hydrolysis) is 1. The van der Waals surface area contributed by atoms with Crippen LogP contribution in [-0.4, -0.2) is 67.7 Å². The number of carbonyl (C=O) groups excluding carboxylic acids is 2. The fourth-order valence-electron chi connectivity index (χ4n) is 2.59. The van der Waals surface area contributed by atoms with Gasteiger partial charge in [-0.1, -0.05) is 20.8 Å². The van der Waals surface area contributed by atoms with Crippen molar-refractivity contribution < 1.29 is 14.3 Å². The smallest absolute Gasteiger partial charge is 0.407 e. The molecule has 3 N–H and O–H groups in total. The predicted molar refractivity (Wildman–Crippen MR) is 135 cm³/mol. The van der Waals surface area contributed by atoms with Crippen molar-refractivity contribution >= 4 is 41.9 Å². The van der Waals surface area contributed by atoms with Crippen LogP contribution in [0.4, 0.5) is 4.79 Å². The highest BCUT2D eigenvalue weighted by molar-refractivity contribution is 14.0. The Hall–Kier alpha value is -1.26. The molecule has 178 valence electrons. The minimum absolute atomic E-state index is 0. The zero-order valence-electron chi connectivity index (χ0n) is 20.3. The summed E-state index contributed by atoms with van der Waals surface area (Å²) < 4.78 is 5.37. The van der Waals surface area contributed by atoms with Crippen molar-refractivity contribution in [3.63, 3.8) is 0 Å². The van der Waals surface area contributed by atoms with Crippen molar-refractivity contribution in [3.05, 3.63) is 0 Å². The fourth-order valence-corrected chi connectivity index (χ4v) is 2.59. The maximum Gasteiger partial charge on any atom is 0.407 e. The third-order valence-corrected chi connectivity index (χ3v) is 4.51. The molecule has 0 aromatic rings. The van der Waals surface area contributed by atoms with Crippen LogP contribution in [0.25, 0.3) is 0 Å². The maximum absolute atomic E-state index is 12.1. The number of amides is 2. The molecule has 0 rings (SSSR count). The highest BCUT2D eigenvalue weighted by Gasteiger charge is 2.22. The van der Waals surface area contributed by atoms with Crippen LogP contribution in [-0.2, 0) is 9.53 Å². The Labute approximate surface area is 200 Å². The van der Waals surface area contributed by atoms with Gasteiger partial charge < -0.3 is 25.6 Å². The fraction of sp³-hybridized carbons (Fsp3) is 0.857. The van der Waals surface area contributed by atoms with Gasteiger partial charge in [-0.3, -0.25) is 9.79 Å². The van der Waals surface area contributed by atoms with Gasteiger partial charge in [0, 0.05) is 45.7 Å². The van der Waals surface area contributed by atoms with E-state index in [1.807, 2.05) is 46.6 Å². The van der Waals surface area contributed by atoms with E-state index in [2.05, 4.69) is 34.8 Å². The molecule has 0 aromatic carbocycles. The number of nitrogens with one attached hydrogen (secondary N) is 3. The lowest BCUT2D eigenvalue weighted by molar-refractivity contribution is -0.121. The molecule has 9 heteroatoms. The van der Waals surface area contributed by atoms with E-state index >= 15 is 0 Å². The lowest BCUT2D eigenvalue weighted by Crippen LogP contribution is -2.46. The molecule has 0 spiro atoms. The number of carbonyl (C=O) groups is 2. The number of hydrogen-bond acceptors (Lipinski definition) is 4. The molecular formula is C21H44IN5O3. The third-order valence-electron chi connectivity index (χ3n) is 4.51. The minimum atomic E-state index is -0.518. The summed E-state index contributed by atoms with van der Waals surface area (Å²) in [5.41, 5.74) is -0.518. The van der Waals surface area contributed by atoms with Gasteiger partial charge in [0.1, 0.15) is 5.60 Å². The maximum atomic E-state index is 12.1. The zero-order chi connectivity index (χ0) is 22.6. The highest BCUT2D eigenvalue weighted by atomic mass is 127. The van der Waals surface area contributed by atoms with E-state index in [-0.39, 0.29) is 47.9 Å². The average molecular weight is 542 g/mol. The second-order valence-electron chi connectivity index (χ2n) is 8.81. The average Bonchev–Trinajstić information content (AvgIpc) is 2.59. The topological polar surface area (TPSA) is 95.1 Å². The number of rotatable bonds is 10. The summed E-state index contributed by atoms with van der Waals surface area (Å²) in [6, 6.07) is 0.182.